The summed E-state index contributed by atoms with van der Waals surface area (Å²) in [5, 5.41) is 0. The van der Waals surface area contributed by atoms with Crippen molar-refractivity contribution >= 4 is 0 Å². The van der Waals surface area contributed by atoms with E-state index in [2.05, 4.69) is 87.6 Å². The molecule has 0 unspecified atom stereocenters. The highest BCUT2D eigenvalue weighted by atomic mass is 16.5. The molecule has 3 rings (SSSR count). The van der Waals surface area contributed by atoms with Crippen LogP contribution in [0.2, 0.25) is 0 Å². The van der Waals surface area contributed by atoms with E-state index >= 15 is 0 Å². The summed E-state index contributed by atoms with van der Waals surface area (Å²) in [6.45, 7) is 7.72. The van der Waals surface area contributed by atoms with Crippen molar-refractivity contribution < 1.29 is 4.74 Å². The molecule has 2 aromatic carbocycles. The predicted molar refractivity (Wildman–Crippen MR) is 160 cm³/mol. The van der Waals surface area contributed by atoms with E-state index in [0.29, 0.717) is 0 Å². The summed E-state index contributed by atoms with van der Waals surface area (Å²) in [5.41, 5.74) is 5.99. The Morgan fingerprint density at radius 2 is 1.22 bits per heavy atom. The van der Waals surface area contributed by atoms with Gasteiger partial charge in [0.1, 0.15) is 5.75 Å². The molecule has 37 heavy (non-hydrogen) atoms. The molecule has 200 valence electrons. The summed E-state index contributed by atoms with van der Waals surface area (Å²) in [4.78, 5) is 4.74. The molecule has 2 heteroatoms. The number of aromatic nitrogens is 1. The average molecular weight is 500 g/mol. The van der Waals surface area contributed by atoms with Gasteiger partial charge in [0.05, 0.1) is 12.3 Å². The summed E-state index contributed by atoms with van der Waals surface area (Å²) in [5.74, 6) is 1.77. The first-order valence-electron chi connectivity index (χ1n) is 15.0. The van der Waals surface area contributed by atoms with Crippen molar-refractivity contribution in [2.75, 3.05) is 6.61 Å². The topological polar surface area (TPSA) is 22.1 Å². The minimum Gasteiger partial charge on any atom is -0.494 e. The Bertz CT molecular complexity index is 975. The van der Waals surface area contributed by atoms with Crippen LogP contribution in [0.1, 0.15) is 103 Å². The van der Waals surface area contributed by atoms with Gasteiger partial charge in [-0.15, -0.1) is 0 Å². The number of nitrogens with zero attached hydrogens (tertiary/aromatic N) is 1. The van der Waals surface area contributed by atoms with E-state index < -0.39 is 0 Å². The number of hydrogen-bond acceptors (Lipinski definition) is 2. The first kappa shape index (κ1) is 29.0. The number of rotatable bonds is 18. The lowest BCUT2D eigenvalue weighted by Crippen LogP contribution is -2.01. The van der Waals surface area contributed by atoms with Gasteiger partial charge in [-0.3, -0.25) is 4.98 Å². The van der Waals surface area contributed by atoms with Crippen molar-refractivity contribution in [1.82, 2.24) is 4.98 Å². The quantitative estimate of drug-likeness (QED) is 0.162. The predicted octanol–water partition coefficient (Wildman–Crippen LogP) is 10.7. The second-order valence-electron chi connectivity index (χ2n) is 10.8. The minimum absolute atomic E-state index is 0.802. The molecular weight excluding hydrogens is 450 g/mol. The maximum atomic E-state index is 6.00. The molecule has 1 atom stereocenters. The van der Waals surface area contributed by atoms with E-state index in [4.69, 9.17) is 9.72 Å². The van der Waals surface area contributed by atoms with Crippen LogP contribution in [0.15, 0.2) is 66.9 Å². The Balaban J connectivity index is 1.42. The third-order valence-corrected chi connectivity index (χ3v) is 7.42. The third-order valence-electron chi connectivity index (χ3n) is 7.42. The molecule has 0 bridgehead atoms. The van der Waals surface area contributed by atoms with Crippen LogP contribution < -0.4 is 4.74 Å². The van der Waals surface area contributed by atoms with E-state index in [1.165, 1.54) is 92.9 Å². The molecule has 0 aliphatic rings. The summed E-state index contributed by atoms with van der Waals surface area (Å²) >= 11 is 0. The molecule has 0 N–H and O–H groups in total. The Morgan fingerprint density at radius 1 is 0.622 bits per heavy atom. The molecule has 0 saturated carbocycles. The van der Waals surface area contributed by atoms with Crippen LogP contribution in [0.5, 0.6) is 5.75 Å². The average Bonchev–Trinajstić information content (AvgIpc) is 2.94. The molecule has 0 radical (unpaired) electrons. The van der Waals surface area contributed by atoms with Crippen LogP contribution in [0.4, 0.5) is 0 Å². The molecule has 0 saturated heterocycles. The van der Waals surface area contributed by atoms with Crippen molar-refractivity contribution in [2.45, 2.75) is 104 Å². The molecule has 0 amide bonds. The van der Waals surface area contributed by atoms with Gasteiger partial charge in [-0.2, -0.15) is 0 Å². The zero-order chi connectivity index (χ0) is 26.1. The summed E-state index contributed by atoms with van der Waals surface area (Å²) in [6, 6.07) is 21.7. The highest BCUT2D eigenvalue weighted by molar-refractivity contribution is 5.69. The van der Waals surface area contributed by atoms with Gasteiger partial charge in [0.2, 0.25) is 0 Å². The van der Waals surface area contributed by atoms with Crippen LogP contribution in [-0.4, -0.2) is 11.6 Å². The number of benzene rings is 2. The van der Waals surface area contributed by atoms with Gasteiger partial charge in [0.25, 0.3) is 0 Å². The summed E-state index contributed by atoms with van der Waals surface area (Å²) in [6.07, 6.45) is 19.0. The number of aryl methyl sites for hydroxylation is 1. The van der Waals surface area contributed by atoms with Crippen molar-refractivity contribution in [3.63, 3.8) is 0 Å². The van der Waals surface area contributed by atoms with E-state index in [1.807, 2.05) is 0 Å². The zero-order valence-electron chi connectivity index (χ0n) is 23.7. The van der Waals surface area contributed by atoms with Crippen LogP contribution in [0, 0.1) is 5.92 Å². The first-order valence-corrected chi connectivity index (χ1v) is 15.0. The van der Waals surface area contributed by atoms with E-state index in [0.717, 1.165) is 36.8 Å². The van der Waals surface area contributed by atoms with Crippen LogP contribution in [0.25, 0.3) is 22.4 Å². The van der Waals surface area contributed by atoms with Gasteiger partial charge in [0, 0.05) is 11.8 Å². The molecule has 1 heterocycles. The SMILES string of the molecule is CCCCCCCCc1ccc(-c2ccc(-c3ccc(OCCC[C@@H](C)CCCCC)cc3)cc2)nc1. The van der Waals surface area contributed by atoms with E-state index in [-0.39, 0.29) is 0 Å². The highest BCUT2D eigenvalue weighted by Gasteiger charge is 2.05. The molecule has 2 nitrogen and oxygen atoms in total. The van der Waals surface area contributed by atoms with Gasteiger partial charge < -0.3 is 4.74 Å². The number of pyridine rings is 1. The van der Waals surface area contributed by atoms with Crippen LogP contribution >= 0.6 is 0 Å². The lowest BCUT2D eigenvalue weighted by molar-refractivity contribution is 0.291. The van der Waals surface area contributed by atoms with Gasteiger partial charge in [-0.05, 0) is 66.5 Å². The van der Waals surface area contributed by atoms with Crippen molar-refractivity contribution in [1.29, 1.82) is 0 Å². The Hall–Kier alpha value is -2.61. The molecule has 0 fully saturated rings. The maximum Gasteiger partial charge on any atom is 0.119 e. The largest absolute Gasteiger partial charge is 0.494 e. The number of hydrogen-bond donors (Lipinski definition) is 0. The van der Waals surface area contributed by atoms with Crippen molar-refractivity contribution in [3.05, 3.63) is 72.4 Å². The molecule has 1 aromatic heterocycles. The Morgan fingerprint density at radius 3 is 1.89 bits per heavy atom. The van der Waals surface area contributed by atoms with Crippen LogP contribution in [0.3, 0.4) is 0 Å². The van der Waals surface area contributed by atoms with E-state index in [1.54, 1.807) is 0 Å². The minimum atomic E-state index is 0.802. The van der Waals surface area contributed by atoms with E-state index in [9.17, 15) is 0 Å². The molecular formula is C35H49NO. The summed E-state index contributed by atoms with van der Waals surface area (Å²) < 4.78 is 6.00. The smallest absolute Gasteiger partial charge is 0.119 e. The molecule has 3 aromatic rings. The van der Waals surface area contributed by atoms with Crippen molar-refractivity contribution in [3.8, 4) is 28.1 Å². The second kappa shape index (κ2) is 17.0. The number of unbranched alkanes of at least 4 members (excludes halogenated alkanes) is 7. The molecule has 0 spiro atoms. The molecule has 0 aliphatic heterocycles. The van der Waals surface area contributed by atoms with Gasteiger partial charge in [0.15, 0.2) is 0 Å². The lowest BCUT2D eigenvalue weighted by atomic mass is 9.98. The van der Waals surface area contributed by atoms with Gasteiger partial charge in [-0.25, -0.2) is 0 Å². The highest BCUT2D eigenvalue weighted by Crippen LogP contribution is 2.26. The third kappa shape index (κ3) is 10.7. The molecule has 0 aliphatic carbocycles. The monoisotopic (exact) mass is 499 g/mol. The normalized spacial score (nSPS) is 12.0. The Kier molecular flexibility index (Phi) is 13.3. The van der Waals surface area contributed by atoms with Gasteiger partial charge in [-0.1, -0.05) is 121 Å². The zero-order valence-corrected chi connectivity index (χ0v) is 23.7. The maximum absolute atomic E-state index is 6.00. The fraction of sp³-hybridized carbons (Fsp3) is 0.514. The first-order chi connectivity index (χ1) is 18.2. The van der Waals surface area contributed by atoms with Crippen molar-refractivity contribution in [2.24, 2.45) is 5.92 Å². The van der Waals surface area contributed by atoms with Gasteiger partial charge >= 0.3 is 0 Å². The lowest BCUT2D eigenvalue weighted by Gasteiger charge is -2.12. The fourth-order valence-electron chi connectivity index (χ4n) is 4.94. The summed E-state index contributed by atoms with van der Waals surface area (Å²) in [7, 11) is 0. The van der Waals surface area contributed by atoms with Crippen LogP contribution in [-0.2, 0) is 6.42 Å². The fourth-order valence-corrected chi connectivity index (χ4v) is 4.94. The Labute approximate surface area is 226 Å². The number of ether oxygens (including phenoxy) is 1. The second-order valence-corrected chi connectivity index (χ2v) is 10.8. The standard InChI is InChI=1S/C35H49NO/c1-4-6-8-9-10-12-16-30-17-26-35(36-28-30)33-20-18-31(19-21-33)32-22-24-34(25-23-32)37-27-13-15-29(3)14-11-7-5-2/h17-26,28-29H,4-16,27H2,1-3H3/t29-/m0/s1.